The zero-order valence-corrected chi connectivity index (χ0v) is 16.7. The van der Waals surface area contributed by atoms with Crippen LogP contribution in [0.2, 0.25) is 0 Å². The number of aryl methyl sites for hydroxylation is 1. The standard InChI is InChI=1S/C22H29N5O/c1-2-5-19-13-24-17-25-21(19)26-11-4-8-22(15-26)9-7-20(28)27(16-22)14-18-6-3-10-23-12-18/h3,6,10,12-13,17H,2,4-5,7-9,11,14-16H2,1H3. The summed E-state index contributed by atoms with van der Waals surface area (Å²) >= 11 is 0. The normalized spacial score (nSPS) is 22.7. The Balaban J connectivity index is 1.52. The molecule has 0 N–H and O–H groups in total. The van der Waals surface area contributed by atoms with Gasteiger partial charge in [0, 0.05) is 62.2 Å². The first kappa shape index (κ1) is 18.8. The molecule has 2 aliphatic heterocycles. The van der Waals surface area contributed by atoms with E-state index in [-0.39, 0.29) is 11.3 Å². The predicted octanol–water partition coefficient (Wildman–Crippen LogP) is 3.23. The summed E-state index contributed by atoms with van der Waals surface area (Å²) in [5, 5.41) is 0. The zero-order valence-electron chi connectivity index (χ0n) is 16.7. The molecule has 1 unspecified atom stereocenters. The molecule has 2 aliphatic rings. The lowest BCUT2D eigenvalue weighted by atomic mass is 9.73. The summed E-state index contributed by atoms with van der Waals surface area (Å²) in [5.74, 6) is 1.35. The second kappa shape index (κ2) is 8.25. The highest BCUT2D eigenvalue weighted by atomic mass is 16.2. The van der Waals surface area contributed by atoms with Crippen LogP contribution in [-0.2, 0) is 17.8 Å². The molecular formula is C22H29N5O. The second-order valence-corrected chi connectivity index (χ2v) is 8.26. The van der Waals surface area contributed by atoms with Crippen LogP contribution < -0.4 is 4.90 Å². The van der Waals surface area contributed by atoms with Gasteiger partial charge >= 0.3 is 0 Å². The van der Waals surface area contributed by atoms with Crippen molar-refractivity contribution in [1.82, 2.24) is 19.9 Å². The van der Waals surface area contributed by atoms with Crippen LogP contribution in [-0.4, -0.2) is 45.4 Å². The second-order valence-electron chi connectivity index (χ2n) is 8.26. The minimum Gasteiger partial charge on any atom is -0.356 e. The van der Waals surface area contributed by atoms with E-state index >= 15 is 0 Å². The lowest BCUT2D eigenvalue weighted by molar-refractivity contribution is -0.138. The number of nitrogens with zero attached hydrogens (tertiary/aromatic N) is 5. The number of hydrogen-bond acceptors (Lipinski definition) is 5. The zero-order chi connectivity index (χ0) is 19.4. The van der Waals surface area contributed by atoms with Gasteiger partial charge < -0.3 is 9.80 Å². The Hall–Kier alpha value is -2.50. The molecule has 6 nitrogen and oxygen atoms in total. The minimum atomic E-state index is 0.156. The number of likely N-dealkylation sites (tertiary alicyclic amines) is 1. The summed E-state index contributed by atoms with van der Waals surface area (Å²) < 4.78 is 0. The topological polar surface area (TPSA) is 62.2 Å². The summed E-state index contributed by atoms with van der Waals surface area (Å²) in [7, 11) is 0. The number of aromatic nitrogens is 3. The smallest absolute Gasteiger partial charge is 0.222 e. The van der Waals surface area contributed by atoms with Gasteiger partial charge in [0.15, 0.2) is 0 Å². The maximum Gasteiger partial charge on any atom is 0.222 e. The van der Waals surface area contributed by atoms with Crippen LogP contribution in [0.15, 0.2) is 37.1 Å². The molecule has 1 spiro atoms. The molecule has 1 atom stereocenters. The van der Waals surface area contributed by atoms with Crippen LogP contribution in [0.3, 0.4) is 0 Å². The van der Waals surface area contributed by atoms with Crippen molar-refractivity contribution >= 4 is 11.7 Å². The number of carbonyl (C=O) groups excluding carboxylic acids is 1. The molecule has 2 fully saturated rings. The van der Waals surface area contributed by atoms with E-state index in [2.05, 4.69) is 26.8 Å². The first-order valence-electron chi connectivity index (χ1n) is 10.4. The molecule has 0 radical (unpaired) electrons. The van der Waals surface area contributed by atoms with Gasteiger partial charge in [-0.15, -0.1) is 0 Å². The third-order valence-electron chi connectivity index (χ3n) is 6.09. The number of amides is 1. The average Bonchev–Trinajstić information content (AvgIpc) is 2.73. The summed E-state index contributed by atoms with van der Waals surface area (Å²) in [6, 6.07) is 3.99. The van der Waals surface area contributed by atoms with Gasteiger partial charge in [-0.2, -0.15) is 0 Å². The molecular weight excluding hydrogens is 350 g/mol. The molecule has 4 heterocycles. The summed E-state index contributed by atoms with van der Waals surface area (Å²) in [6.07, 6.45) is 13.3. The fraction of sp³-hybridized carbons (Fsp3) is 0.545. The maximum absolute atomic E-state index is 12.6. The van der Waals surface area contributed by atoms with Crippen molar-refractivity contribution in [2.24, 2.45) is 5.41 Å². The molecule has 0 saturated carbocycles. The Morgan fingerprint density at radius 1 is 1.18 bits per heavy atom. The van der Waals surface area contributed by atoms with Crippen molar-refractivity contribution < 1.29 is 4.79 Å². The molecule has 28 heavy (non-hydrogen) atoms. The van der Waals surface area contributed by atoms with Crippen molar-refractivity contribution in [2.45, 2.75) is 52.0 Å². The van der Waals surface area contributed by atoms with E-state index in [0.29, 0.717) is 13.0 Å². The van der Waals surface area contributed by atoms with Gasteiger partial charge in [-0.05, 0) is 37.3 Å². The molecule has 148 valence electrons. The van der Waals surface area contributed by atoms with Gasteiger partial charge in [0.05, 0.1) is 0 Å². The van der Waals surface area contributed by atoms with E-state index in [0.717, 1.165) is 56.7 Å². The third kappa shape index (κ3) is 4.01. The van der Waals surface area contributed by atoms with Gasteiger partial charge in [-0.3, -0.25) is 9.78 Å². The number of rotatable bonds is 5. The van der Waals surface area contributed by atoms with Crippen molar-refractivity contribution in [3.63, 3.8) is 0 Å². The molecule has 2 aromatic rings. The van der Waals surface area contributed by atoms with E-state index in [1.165, 1.54) is 12.0 Å². The first-order chi connectivity index (χ1) is 13.7. The Morgan fingerprint density at radius 2 is 2.11 bits per heavy atom. The molecule has 2 saturated heterocycles. The molecule has 4 rings (SSSR count). The Labute approximate surface area is 167 Å². The largest absolute Gasteiger partial charge is 0.356 e. The summed E-state index contributed by atoms with van der Waals surface area (Å²) in [4.78, 5) is 30.1. The summed E-state index contributed by atoms with van der Waals surface area (Å²) in [6.45, 7) is 5.68. The molecule has 2 aromatic heterocycles. The SMILES string of the molecule is CCCc1cncnc1N1CCCC2(CCC(=O)N(Cc3cccnc3)C2)C1. The monoisotopic (exact) mass is 379 g/mol. The Morgan fingerprint density at radius 3 is 2.93 bits per heavy atom. The highest BCUT2D eigenvalue weighted by Crippen LogP contribution is 2.40. The molecule has 6 heteroatoms. The van der Waals surface area contributed by atoms with Crippen molar-refractivity contribution in [3.05, 3.63) is 48.2 Å². The molecule has 0 bridgehead atoms. The lowest BCUT2D eigenvalue weighted by Crippen LogP contribution is -2.54. The van der Waals surface area contributed by atoms with Crippen LogP contribution in [0, 0.1) is 5.41 Å². The van der Waals surface area contributed by atoms with Crippen LogP contribution in [0.25, 0.3) is 0 Å². The molecule has 0 aromatic carbocycles. The summed E-state index contributed by atoms with van der Waals surface area (Å²) in [5.41, 5.74) is 2.49. The van der Waals surface area contributed by atoms with Crippen molar-refractivity contribution in [3.8, 4) is 0 Å². The number of hydrogen-bond donors (Lipinski definition) is 0. The Bertz CT molecular complexity index is 812. The van der Waals surface area contributed by atoms with Crippen molar-refractivity contribution in [1.29, 1.82) is 0 Å². The quantitative estimate of drug-likeness (QED) is 0.798. The van der Waals surface area contributed by atoms with E-state index in [1.807, 2.05) is 29.4 Å². The van der Waals surface area contributed by atoms with E-state index in [1.54, 1.807) is 12.5 Å². The van der Waals surface area contributed by atoms with E-state index < -0.39 is 0 Å². The first-order valence-corrected chi connectivity index (χ1v) is 10.4. The van der Waals surface area contributed by atoms with E-state index in [4.69, 9.17) is 0 Å². The number of pyridine rings is 1. The predicted molar refractivity (Wildman–Crippen MR) is 109 cm³/mol. The fourth-order valence-corrected chi connectivity index (χ4v) is 4.76. The van der Waals surface area contributed by atoms with Crippen LogP contribution in [0.1, 0.15) is 50.2 Å². The van der Waals surface area contributed by atoms with Gasteiger partial charge in [0.1, 0.15) is 12.1 Å². The van der Waals surface area contributed by atoms with Crippen LogP contribution in [0.4, 0.5) is 5.82 Å². The van der Waals surface area contributed by atoms with Gasteiger partial charge in [-0.1, -0.05) is 19.4 Å². The fourth-order valence-electron chi connectivity index (χ4n) is 4.76. The van der Waals surface area contributed by atoms with Crippen molar-refractivity contribution in [2.75, 3.05) is 24.5 Å². The highest BCUT2D eigenvalue weighted by Gasteiger charge is 2.42. The third-order valence-corrected chi connectivity index (χ3v) is 6.09. The number of carbonyl (C=O) groups is 1. The van der Waals surface area contributed by atoms with Crippen LogP contribution >= 0.6 is 0 Å². The number of piperidine rings is 2. The van der Waals surface area contributed by atoms with Gasteiger partial charge in [-0.25, -0.2) is 9.97 Å². The number of anilines is 1. The van der Waals surface area contributed by atoms with Gasteiger partial charge in [0.25, 0.3) is 0 Å². The minimum absolute atomic E-state index is 0.156. The lowest BCUT2D eigenvalue weighted by Gasteiger charge is -2.48. The Kier molecular flexibility index (Phi) is 5.55. The maximum atomic E-state index is 12.6. The van der Waals surface area contributed by atoms with Gasteiger partial charge in [0.2, 0.25) is 5.91 Å². The molecule has 1 amide bonds. The molecule has 0 aliphatic carbocycles. The average molecular weight is 380 g/mol. The van der Waals surface area contributed by atoms with Crippen LogP contribution in [0.5, 0.6) is 0 Å². The van der Waals surface area contributed by atoms with E-state index in [9.17, 15) is 4.79 Å². The highest BCUT2D eigenvalue weighted by molar-refractivity contribution is 5.77.